The first-order valence-electron chi connectivity index (χ1n) is 9.98. The van der Waals surface area contributed by atoms with Crippen molar-refractivity contribution in [1.82, 2.24) is 14.5 Å². The van der Waals surface area contributed by atoms with Crippen molar-refractivity contribution in [2.45, 2.75) is 10.6 Å². The van der Waals surface area contributed by atoms with Crippen LogP contribution in [0.15, 0.2) is 70.1 Å². The minimum Gasteiger partial charge on any atom is -0.345 e. The number of aromatic nitrogens is 3. The van der Waals surface area contributed by atoms with Gasteiger partial charge in [-0.15, -0.1) is 11.3 Å². The van der Waals surface area contributed by atoms with E-state index in [2.05, 4.69) is 9.97 Å². The maximum Gasteiger partial charge on any atom is 0.263 e. The molecule has 0 aliphatic rings. The number of benzene rings is 2. The number of carbonyl (C=O) groups is 1. The number of H-pyrrole nitrogens is 1. The van der Waals surface area contributed by atoms with Crippen LogP contribution in [0.3, 0.4) is 0 Å². The number of hydrogen-bond donors (Lipinski definition) is 1. The van der Waals surface area contributed by atoms with Crippen LogP contribution in [0.5, 0.6) is 0 Å². The van der Waals surface area contributed by atoms with E-state index in [1.807, 2.05) is 0 Å². The van der Waals surface area contributed by atoms with E-state index in [0.29, 0.717) is 26.2 Å². The number of imidazole rings is 1. The molecule has 2 aromatic carbocycles. The minimum atomic E-state index is -3.82. The molecule has 0 spiro atoms. The summed E-state index contributed by atoms with van der Waals surface area (Å²) in [5.41, 5.74) is 1.32. The first-order valence-corrected chi connectivity index (χ1v) is 12.8. The summed E-state index contributed by atoms with van der Waals surface area (Å²) in [6.07, 6.45) is 2.75. The number of sulfone groups is 1. The van der Waals surface area contributed by atoms with Crippen molar-refractivity contribution in [1.29, 1.82) is 0 Å². The van der Waals surface area contributed by atoms with Gasteiger partial charge in [-0.3, -0.25) is 14.2 Å². The Balaban J connectivity index is 1.41. The van der Waals surface area contributed by atoms with Crippen molar-refractivity contribution in [2.75, 3.05) is 5.75 Å². The smallest absolute Gasteiger partial charge is 0.263 e. The lowest BCUT2D eigenvalue weighted by atomic mass is 10.1. The zero-order chi connectivity index (χ0) is 24.0. The van der Waals surface area contributed by atoms with Crippen molar-refractivity contribution < 1.29 is 17.6 Å². The molecule has 0 saturated heterocycles. The van der Waals surface area contributed by atoms with Crippen LogP contribution in [-0.2, 0) is 21.1 Å². The first kappa shape index (κ1) is 22.5. The van der Waals surface area contributed by atoms with Crippen molar-refractivity contribution >= 4 is 60.4 Å². The summed E-state index contributed by atoms with van der Waals surface area (Å²) in [7, 11) is -3.82. The number of hydrogen-bond acceptors (Lipinski definition) is 6. The molecule has 0 unspecified atom stereocenters. The van der Waals surface area contributed by atoms with Gasteiger partial charge in [0.05, 0.1) is 27.4 Å². The molecule has 0 aliphatic heterocycles. The van der Waals surface area contributed by atoms with Crippen LogP contribution in [0.4, 0.5) is 4.39 Å². The average molecular weight is 516 g/mol. The highest BCUT2D eigenvalue weighted by Crippen LogP contribution is 2.27. The molecule has 0 aliphatic carbocycles. The van der Waals surface area contributed by atoms with Gasteiger partial charge in [0, 0.05) is 18.0 Å². The second-order valence-corrected chi connectivity index (χ2v) is 11.6. The Morgan fingerprint density at radius 1 is 1.15 bits per heavy atom. The van der Waals surface area contributed by atoms with Gasteiger partial charge in [0.1, 0.15) is 15.8 Å². The predicted molar refractivity (Wildman–Crippen MR) is 129 cm³/mol. The van der Waals surface area contributed by atoms with E-state index in [1.165, 1.54) is 41.4 Å². The first-order chi connectivity index (χ1) is 16.2. The number of rotatable bonds is 6. The molecule has 3 aromatic heterocycles. The Kier molecular flexibility index (Phi) is 5.59. The van der Waals surface area contributed by atoms with E-state index in [0.717, 1.165) is 22.9 Å². The van der Waals surface area contributed by atoms with Crippen LogP contribution in [0, 0.1) is 5.82 Å². The number of ketones is 1. The van der Waals surface area contributed by atoms with E-state index in [1.54, 1.807) is 18.2 Å². The standard InChI is InChI=1S/C23H15ClFN3O4S2/c24-21-3-4-22(33-21)34(31,32)11-15(29)7-13-1-2-20(17(25)8-13)28-6-5-14-9-18-19(27-12-26-18)10-16(14)23(28)30/h1-6,8-10,12H,7,11H2,(H,26,27). The summed E-state index contributed by atoms with van der Waals surface area (Å²) in [5.74, 6) is -2.00. The number of nitrogens with one attached hydrogen (secondary N) is 1. The summed E-state index contributed by atoms with van der Waals surface area (Å²) >= 11 is 6.65. The number of Topliss-reactive ketones (excluding diaryl/α,β-unsaturated/α-hetero) is 1. The van der Waals surface area contributed by atoms with Crippen LogP contribution in [0.25, 0.3) is 27.5 Å². The average Bonchev–Trinajstić information content (AvgIpc) is 3.42. The van der Waals surface area contributed by atoms with Gasteiger partial charge in [0.25, 0.3) is 5.56 Å². The Morgan fingerprint density at radius 2 is 1.97 bits per heavy atom. The monoisotopic (exact) mass is 515 g/mol. The fourth-order valence-electron chi connectivity index (χ4n) is 3.75. The van der Waals surface area contributed by atoms with Gasteiger partial charge < -0.3 is 4.98 Å². The Labute approximate surface area is 201 Å². The van der Waals surface area contributed by atoms with E-state index >= 15 is 0 Å². The van der Waals surface area contributed by atoms with Gasteiger partial charge in [0.2, 0.25) is 0 Å². The number of nitrogens with zero attached hydrogens (tertiary/aromatic N) is 2. The molecule has 172 valence electrons. The van der Waals surface area contributed by atoms with E-state index in [9.17, 15) is 22.4 Å². The van der Waals surface area contributed by atoms with Gasteiger partial charge in [-0.1, -0.05) is 17.7 Å². The zero-order valence-corrected chi connectivity index (χ0v) is 19.7. The summed E-state index contributed by atoms with van der Waals surface area (Å²) in [6.45, 7) is 0. The molecule has 11 heteroatoms. The predicted octanol–water partition coefficient (Wildman–Crippen LogP) is 4.31. The number of aromatic amines is 1. The van der Waals surface area contributed by atoms with Crippen LogP contribution in [0.2, 0.25) is 4.34 Å². The van der Waals surface area contributed by atoms with Gasteiger partial charge in [-0.05, 0) is 53.4 Å². The van der Waals surface area contributed by atoms with Crippen molar-refractivity contribution in [3.8, 4) is 5.69 Å². The summed E-state index contributed by atoms with van der Waals surface area (Å²) in [4.78, 5) is 32.5. The Hall–Kier alpha value is -3.34. The van der Waals surface area contributed by atoms with Gasteiger partial charge in [-0.2, -0.15) is 0 Å². The molecule has 5 rings (SSSR count). The molecule has 7 nitrogen and oxygen atoms in total. The molecule has 5 aromatic rings. The molecule has 0 radical (unpaired) electrons. The van der Waals surface area contributed by atoms with E-state index in [4.69, 9.17) is 11.6 Å². The maximum absolute atomic E-state index is 15.0. The SMILES string of the molecule is O=C(Cc1ccc(-n2ccc3cc4[nH]cnc4cc3c2=O)c(F)c1)CS(=O)(=O)c1ccc(Cl)s1. The number of carbonyl (C=O) groups excluding carboxylic acids is 1. The number of pyridine rings is 1. The second-order valence-electron chi connectivity index (χ2n) is 7.67. The van der Waals surface area contributed by atoms with Crippen LogP contribution in [0.1, 0.15) is 5.56 Å². The maximum atomic E-state index is 15.0. The van der Waals surface area contributed by atoms with Gasteiger partial charge in [-0.25, -0.2) is 17.8 Å². The fourth-order valence-corrected chi connectivity index (χ4v) is 6.56. The molecule has 0 saturated carbocycles. The summed E-state index contributed by atoms with van der Waals surface area (Å²) in [5, 5.41) is 1.08. The molecular weight excluding hydrogens is 501 g/mol. The molecule has 0 fully saturated rings. The lowest BCUT2D eigenvalue weighted by Gasteiger charge is -2.10. The van der Waals surface area contributed by atoms with E-state index in [-0.39, 0.29) is 16.3 Å². The Morgan fingerprint density at radius 3 is 2.71 bits per heavy atom. The number of halogens is 2. The van der Waals surface area contributed by atoms with Crippen LogP contribution in [-0.4, -0.2) is 34.5 Å². The molecule has 1 N–H and O–H groups in total. The fraction of sp³-hybridized carbons (Fsp3) is 0.0870. The molecular formula is C23H15ClFN3O4S2. The van der Waals surface area contributed by atoms with Crippen molar-refractivity contribution in [3.63, 3.8) is 0 Å². The molecule has 0 amide bonds. The largest absolute Gasteiger partial charge is 0.345 e. The molecule has 34 heavy (non-hydrogen) atoms. The van der Waals surface area contributed by atoms with Crippen LogP contribution >= 0.6 is 22.9 Å². The van der Waals surface area contributed by atoms with Gasteiger partial charge >= 0.3 is 0 Å². The quantitative estimate of drug-likeness (QED) is 0.363. The zero-order valence-electron chi connectivity index (χ0n) is 17.3. The van der Waals surface area contributed by atoms with Crippen molar-refractivity contribution in [3.05, 3.63) is 87.1 Å². The third-order valence-corrected chi connectivity index (χ3v) is 8.81. The highest BCUT2D eigenvalue weighted by Gasteiger charge is 2.22. The van der Waals surface area contributed by atoms with E-state index < -0.39 is 32.7 Å². The van der Waals surface area contributed by atoms with Crippen molar-refractivity contribution in [2.24, 2.45) is 0 Å². The minimum absolute atomic E-state index is 0.00942. The van der Waals surface area contributed by atoms with Gasteiger partial charge in [0.15, 0.2) is 15.6 Å². The number of thiophene rings is 1. The lowest BCUT2D eigenvalue weighted by Crippen LogP contribution is -2.19. The molecule has 0 bridgehead atoms. The molecule has 3 heterocycles. The third kappa shape index (κ3) is 4.15. The number of fused-ring (bicyclic) bond motifs is 2. The lowest BCUT2D eigenvalue weighted by molar-refractivity contribution is -0.116. The normalized spacial score (nSPS) is 11.9. The molecule has 0 atom stereocenters. The highest BCUT2D eigenvalue weighted by atomic mass is 35.5. The topological polar surface area (TPSA) is 102 Å². The summed E-state index contributed by atoms with van der Waals surface area (Å²) < 4.78 is 41.2. The summed E-state index contributed by atoms with van der Waals surface area (Å²) in [6, 6.07) is 12.0. The highest BCUT2D eigenvalue weighted by molar-refractivity contribution is 7.94. The van der Waals surface area contributed by atoms with Crippen LogP contribution < -0.4 is 5.56 Å². The third-order valence-electron chi connectivity index (χ3n) is 5.32. The Bertz CT molecular complexity index is 1760. The second kappa shape index (κ2) is 8.46.